The van der Waals surface area contributed by atoms with Crippen LogP contribution in [0.2, 0.25) is 0 Å². The standard InChI is InChI=1S/C9H17N3O/c1-2-11-6-7-12-5-3-4-10-8(12)9(11)13/h8,10H,2-7H2,1H3. The molecule has 2 rings (SSSR count). The number of nitrogens with one attached hydrogen (secondary N) is 1. The summed E-state index contributed by atoms with van der Waals surface area (Å²) in [6.45, 7) is 6.84. The first-order valence-electron chi connectivity index (χ1n) is 5.09. The number of hydrogen-bond acceptors (Lipinski definition) is 3. The van der Waals surface area contributed by atoms with Crippen LogP contribution in [0.15, 0.2) is 0 Å². The Kier molecular flexibility index (Phi) is 2.51. The van der Waals surface area contributed by atoms with Gasteiger partial charge in [0.05, 0.1) is 0 Å². The molecule has 0 aromatic rings. The van der Waals surface area contributed by atoms with Gasteiger partial charge in [-0.2, -0.15) is 0 Å². The first-order valence-corrected chi connectivity index (χ1v) is 5.09. The Hall–Kier alpha value is -0.610. The number of rotatable bonds is 1. The highest BCUT2D eigenvalue weighted by Crippen LogP contribution is 2.12. The predicted octanol–water partition coefficient (Wildman–Crippen LogP) is -0.530. The van der Waals surface area contributed by atoms with E-state index in [1.54, 1.807) is 0 Å². The van der Waals surface area contributed by atoms with Crippen LogP contribution in [-0.2, 0) is 4.79 Å². The quantitative estimate of drug-likeness (QED) is 0.593. The average molecular weight is 183 g/mol. The molecule has 1 unspecified atom stereocenters. The molecule has 1 N–H and O–H groups in total. The van der Waals surface area contributed by atoms with Gasteiger partial charge in [0, 0.05) is 26.2 Å². The third-order valence-corrected chi connectivity index (χ3v) is 2.91. The predicted molar refractivity (Wildman–Crippen MR) is 50.2 cm³/mol. The summed E-state index contributed by atoms with van der Waals surface area (Å²) in [6, 6.07) is 0. The lowest BCUT2D eigenvalue weighted by Crippen LogP contribution is -2.64. The highest BCUT2D eigenvalue weighted by molar-refractivity contribution is 5.82. The summed E-state index contributed by atoms with van der Waals surface area (Å²) < 4.78 is 0. The minimum atomic E-state index is -0.0255. The normalized spacial score (nSPS) is 30.4. The third kappa shape index (κ3) is 1.56. The summed E-state index contributed by atoms with van der Waals surface area (Å²) in [7, 11) is 0. The number of piperazine rings is 1. The highest BCUT2D eigenvalue weighted by Gasteiger charge is 2.34. The molecule has 0 aliphatic carbocycles. The second kappa shape index (κ2) is 3.64. The second-order valence-electron chi connectivity index (χ2n) is 3.66. The Morgan fingerprint density at radius 3 is 3.08 bits per heavy atom. The van der Waals surface area contributed by atoms with Crippen LogP contribution in [-0.4, -0.2) is 54.6 Å². The summed E-state index contributed by atoms with van der Waals surface area (Å²) in [5.41, 5.74) is 0. The lowest BCUT2D eigenvalue weighted by Gasteiger charge is -2.43. The van der Waals surface area contributed by atoms with Crippen molar-refractivity contribution < 1.29 is 4.79 Å². The van der Waals surface area contributed by atoms with Crippen molar-refractivity contribution in [1.29, 1.82) is 0 Å². The maximum absolute atomic E-state index is 11.8. The van der Waals surface area contributed by atoms with Crippen molar-refractivity contribution in [2.75, 3.05) is 32.7 Å². The van der Waals surface area contributed by atoms with E-state index in [9.17, 15) is 4.79 Å². The van der Waals surface area contributed by atoms with E-state index in [0.717, 1.165) is 39.1 Å². The number of likely N-dealkylation sites (N-methyl/N-ethyl adjacent to an activating group) is 1. The maximum Gasteiger partial charge on any atom is 0.254 e. The average Bonchev–Trinajstić information content (AvgIpc) is 2.19. The summed E-state index contributed by atoms with van der Waals surface area (Å²) >= 11 is 0. The van der Waals surface area contributed by atoms with Gasteiger partial charge in [-0.15, -0.1) is 0 Å². The topological polar surface area (TPSA) is 35.6 Å². The van der Waals surface area contributed by atoms with Crippen molar-refractivity contribution in [1.82, 2.24) is 15.1 Å². The van der Waals surface area contributed by atoms with Crippen LogP contribution < -0.4 is 5.32 Å². The van der Waals surface area contributed by atoms with E-state index in [0.29, 0.717) is 0 Å². The fourth-order valence-electron chi connectivity index (χ4n) is 2.11. The van der Waals surface area contributed by atoms with E-state index < -0.39 is 0 Å². The van der Waals surface area contributed by atoms with Gasteiger partial charge in [-0.3, -0.25) is 15.0 Å². The van der Waals surface area contributed by atoms with E-state index >= 15 is 0 Å². The molecule has 0 spiro atoms. The molecule has 2 fully saturated rings. The number of carbonyl (C=O) groups is 1. The van der Waals surface area contributed by atoms with Crippen LogP contribution in [0.4, 0.5) is 0 Å². The zero-order chi connectivity index (χ0) is 9.26. The first-order chi connectivity index (χ1) is 6.33. The fourth-order valence-corrected chi connectivity index (χ4v) is 2.11. The zero-order valence-electron chi connectivity index (χ0n) is 8.12. The lowest BCUT2D eigenvalue weighted by atomic mass is 10.2. The van der Waals surface area contributed by atoms with Gasteiger partial charge in [-0.25, -0.2) is 0 Å². The van der Waals surface area contributed by atoms with Crippen LogP contribution in [0.5, 0.6) is 0 Å². The van der Waals surface area contributed by atoms with Crippen LogP contribution in [0.25, 0.3) is 0 Å². The number of amides is 1. The number of carbonyl (C=O) groups excluding carboxylic acids is 1. The maximum atomic E-state index is 11.8. The van der Waals surface area contributed by atoms with E-state index in [-0.39, 0.29) is 12.1 Å². The number of fused-ring (bicyclic) bond motifs is 1. The highest BCUT2D eigenvalue weighted by atomic mass is 16.2. The van der Waals surface area contributed by atoms with E-state index in [2.05, 4.69) is 10.2 Å². The van der Waals surface area contributed by atoms with Gasteiger partial charge < -0.3 is 4.90 Å². The molecule has 2 heterocycles. The number of hydrogen-bond donors (Lipinski definition) is 1. The molecule has 2 aliphatic rings. The minimum absolute atomic E-state index is 0.0255. The Balaban J connectivity index is 2.05. The van der Waals surface area contributed by atoms with E-state index in [1.165, 1.54) is 0 Å². The van der Waals surface area contributed by atoms with Crippen molar-refractivity contribution >= 4 is 5.91 Å². The Morgan fingerprint density at radius 2 is 2.31 bits per heavy atom. The lowest BCUT2D eigenvalue weighted by molar-refractivity contribution is -0.144. The third-order valence-electron chi connectivity index (χ3n) is 2.91. The second-order valence-corrected chi connectivity index (χ2v) is 3.66. The minimum Gasteiger partial charge on any atom is -0.339 e. The molecule has 4 nitrogen and oxygen atoms in total. The van der Waals surface area contributed by atoms with Crippen molar-refractivity contribution in [3.8, 4) is 0 Å². The van der Waals surface area contributed by atoms with Gasteiger partial charge in [0.1, 0.15) is 6.17 Å². The molecule has 1 amide bonds. The molecule has 74 valence electrons. The Bertz CT molecular complexity index is 207. The molecule has 0 radical (unpaired) electrons. The molecule has 0 aromatic heterocycles. The molecular formula is C9H17N3O. The summed E-state index contributed by atoms with van der Waals surface area (Å²) in [6.07, 6.45) is 1.14. The van der Waals surface area contributed by atoms with Crippen LogP contribution in [0, 0.1) is 0 Å². The largest absolute Gasteiger partial charge is 0.339 e. The van der Waals surface area contributed by atoms with Gasteiger partial charge in [-0.05, 0) is 19.9 Å². The summed E-state index contributed by atoms with van der Waals surface area (Å²) in [5, 5.41) is 3.27. The van der Waals surface area contributed by atoms with Crippen LogP contribution in [0.3, 0.4) is 0 Å². The molecular weight excluding hydrogens is 166 g/mol. The SMILES string of the molecule is CCN1CCN2CCCNC2C1=O. The molecule has 2 aliphatic heterocycles. The van der Waals surface area contributed by atoms with Gasteiger partial charge in [0.15, 0.2) is 0 Å². The first kappa shape index (κ1) is 8.97. The fraction of sp³-hybridized carbons (Fsp3) is 0.889. The van der Waals surface area contributed by atoms with Crippen molar-refractivity contribution in [2.45, 2.75) is 19.5 Å². The van der Waals surface area contributed by atoms with Crippen molar-refractivity contribution in [3.63, 3.8) is 0 Å². The molecule has 13 heavy (non-hydrogen) atoms. The Morgan fingerprint density at radius 1 is 1.46 bits per heavy atom. The monoisotopic (exact) mass is 183 g/mol. The zero-order valence-corrected chi connectivity index (χ0v) is 8.12. The van der Waals surface area contributed by atoms with E-state index in [4.69, 9.17) is 0 Å². The number of nitrogens with zero attached hydrogens (tertiary/aromatic N) is 2. The summed E-state index contributed by atoms with van der Waals surface area (Å²) in [5.74, 6) is 0.258. The molecule has 4 heteroatoms. The summed E-state index contributed by atoms with van der Waals surface area (Å²) in [4.78, 5) is 16.0. The van der Waals surface area contributed by atoms with Gasteiger partial charge >= 0.3 is 0 Å². The molecule has 0 bridgehead atoms. The molecule has 0 saturated carbocycles. The van der Waals surface area contributed by atoms with Gasteiger partial charge in [0.2, 0.25) is 0 Å². The van der Waals surface area contributed by atoms with Gasteiger partial charge in [-0.1, -0.05) is 0 Å². The van der Waals surface area contributed by atoms with Crippen molar-refractivity contribution in [2.24, 2.45) is 0 Å². The van der Waals surface area contributed by atoms with Crippen LogP contribution in [0.1, 0.15) is 13.3 Å². The van der Waals surface area contributed by atoms with Gasteiger partial charge in [0.25, 0.3) is 5.91 Å². The van der Waals surface area contributed by atoms with Crippen molar-refractivity contribution in [3.05, 3.63) is 0 Å². The smallest absolute Gasteiger partial charge is 0.254 e. The molecule has 0 aromatic carbocycles. The Labute approximate surface area is 78.9 Å². The van der Waals surface area contributed by atoms with E-state index in [1.807, 2.05) is 11.8 Å². The molecule has 2 saturated heterocycles. The molecule has 1 atom stereocenters. The van der Waals surface area contributed by atoms with Crippen LogP contribution >= 0.6 is 0 Å².